The molecule has 32 heavy (non-hydrogen) atoms. The Morgan fingerprint density at radius 2 is 1.53 bits per heavy atom. The van der Waals surface area contributed by atoms with Crippen molar-refractivity contribution in [2.75, 3.05) is 5.32 Å². The molecule has 3 aromatic carbocycles. The van der Waals surface area contributed by atoms with E-state index >= 15 is 0 Å². The molecule has 3 aromatic rings. The van der Waals surface area contributed by atoms with Crippen LogP contribution in [0.15, 0.2) is 78.9 Å². The quantitative estimate of drug-likeness (QED) is 0.464. The molecule has 0 aliphatic carbocycles. The molecule has 164 valence electrons. The maximum Gasteiger partial charge on any atom is 0.261 e. The van der Waals surface area contributed by atoms with E-state index in [9.17, 15) is 9.59 Å². The Kier molecular flexibility index (Phi) is 7.94. The van der Waals surface area contributed by atoms with Crippen molar-refractivity contribution in [3.63, 3.8) is 0 Å². The predicted molar refractivity (Wildman–Crippen MR) is 130 cm³/mol. The van der Waals surface area contributed by atoms with Crippen LogP contribution in [0.4, 0.5) is 5.69 Å². The van der Waals surface area contributed by atoms with Gasteiger partial charge in [-0.3, -0.25) is 14.9 Å². The van der Waals surface area contributed by atoms with Gasteiger partial charge in [0.15, 0.2) is 5.11 Å². The molecule has 0 aliphatic heterocycles. The van der Waals surface area contributed by atoms with Crippen LogP contribution in [-0.2, 0) is 6.54 Å². The van der Waals surface area contributed by atoms with Crippen LogP contribution in [0.3, 0.4) is 0 Å². The Balaban J connectivity index is 1.54. The maximum absolute atomic E-state index is 12.6. The lowest BCUT2D eigenvalue weighted by atomic mass is 10.1. The summed E-state index contributed by atoms with van der Waals surface area (Å²) >= 11 is 5.26. The average molecular weight is 448 g/mol. The van der Waals surface area contributed by atoms with Crippen LogP contribution in [0.25, 0.3) is 0 Å². The first-order chi connectivity index (χ1) is 15.4. The van der Waals surface area contributed by atoms with Gasteiger partial charge in [0.2, 0.25) is 0 Å². The van der Waals surface area contributed by atoms with E-state index in [0.29, 0.717) is 29.1 Å². The zero-order valence-corrected chi connectivity index (χ0v) is 18.7. The summed E-state index contributed by atoms with van der Waals surface area (Å²) in [4.78, 5) is 24.9. The van der Waals surface area contributed by atoms with Gasteiger partial charge < -0.3 is 15.4 Å². The second kappa shape index (κ2) is 11.1. The minimum atomic E-state index is -0.365. The number of rotatable bonds is 7. The Bertz CT molecular complexity index is 1080. The lowest BCUT2D eigenvalue weighted by molar-refractivity contribution is 0.0948. The molecule has 0 saturated carbocycles. The molecule has 3 rings (SSSR count). The van der Waals surface area contributed by atoms with E-state index in [4.69, 9.17) is 17.0 Å². The van der Waals surface area contributed by atoms with Gasteiger partial charge in [0.25, 0.3) is 11.8 Å². The number of anilines is 1. The van der Waals surface area contributed by atoms with Crippen LogP contribution in [0.1, 0.15) is 40.1 Å². The molecular formula is C25H25N3O3S. The van der Waals surface area contributed by atoms with E-state index in [1.54, 1.807) is 42.5 Å². The molecule has 0 saturated heterocycles. The van der Waals surface area contributed by atoms with Crippen LogP contribution in [0.5, 0.6) is 5.75 Å². The normalized spacial score (nSPS) is 10.3. The molecule has 6 nitrogen and oxygen atoms in total. The highest BCUT2D eigenvalue weighted by molar-refractivity contribution is 7.80. The summed E-state index contributed by atoms with van der Waals surface area (Å²) in [6.07, 6.45) is -0.0579. The third-order valence-corrected chi connectivity index (χ3v) is 4.63. The van der Waals surface area contributed by atoms with Gasteiger partial charge in [0, 0.05) is 17.8 Å². The van der Waals surface area contributed by atoms with Crippen molar-refractivity contribution < 1.29 is 14.3 Å². The molecule has 0 heterocycles. The van der Waals surface area contributed by atoms with Gasteiger partial charge in [0.1, 0.15) is 5.75 Å². The summed E-state index contributed by atoms with van der Waals surface area (Å²) in [6.45, 7) is 4.25. The summed E-state index contributed by atoms with van der Waals surface area (Å²) in [5.74, 6) is -0.0395. The van der Waals surface area contributed by atoms with Crippen molar-refractivity contribution in [2.24, 2.45) is 0 Å². The van der Waals surface area contributed by atoms with Crippen LogP contribution in [0, 0.1) is 0 Å². The highest BCUT2D eigenvalue weighted by atomic mass is 32.1. The minimum absolute atomic E-state index is 0.0579. The highest BCUT2D eigenvalue weighted by Gasteiger charge is 2.14. The third kappa shape index (κ3) is 6.65. The lowest BCUT2D eigenvalue weighted by Crippen LogP contribution is -2.34. The number of amides is 2. The summed E-state index contributed by atoms with van der Waals surface area (Å²) in [7, 11) is 0. The first-order valence-corrected chi connectivity index (χ1v) is 10.6. The Morgan fingerprint density at radius 1 is 0.875 bits per heavy atom. The number of para-hydroxylation sites is 1. The summed E-state index contributed by atoms with van der Waals surface area (Å²) < 4.78 is 5.69. The molecule has 0 atom stereocenters. The van der Waals surface area contributed by atoms with E-state index in [1.807, 2.05) is 50.2 Å². The molecule has 0 radical (unpaired) electrons. The summed E-state index contributed by atoms with van der Waals surface area (Å²) in [6, 6.07) is 23.5. The number of carbonyl (C=O) groups is 2. The Labute approximate surface area is 193 Å². The van der Waals surface area contributed by atoms with E-state index in [0.717, 1.165) is 5.56 Å². The second-order valence-corrected chi connectivity index (χ2v) is 7.72. The van der Waals surface area contributed by atoms with Gasteiger partial charge in [-0.25, -0.2) is 0 Å². The number of carbonyl (C=O) groups excluding carboxylic acids is 2. The Morgan fingerprint density at radius 3 is 2.22 bits per heavy atom. The smallest absolute Gasteiger partial charge is 0.261 e. The summed E-state index contributed by atoms with van der Waals surface area (Å²) in [5.41, 5.74) is 2.61. The zero-order chi connectivity index (χ0) is 22.9. The van der Waals surface area contributed by atoms with E-state index < -0.39 is 0 Å². The van der Waals surface area contributed by atoms with E-state index in [1.165, 1.54) is 0 Å². The maximum atomic E-state index is 12.6. The van der Waals surface area contributed by atoms with Gasteiger partial charge in [-0.05, 0) is 68.0 Å². The van der Waals surface area contributed by atoms with Crippen molar-refractivity contribution in [3.8, 4) is 5.75 Å². The third-order valence-electron chi connectivity index (χ3n) is 4.42. The fourth-order valence-electron chi connectivity index (χ4n) is 2.93. The number of ether oxygens (including phenoxy) is 1. The molecule has 3 N–H and O–H groups in total. The van der Waals surface area contributed by atoms with Crippen LogP contribution >= 0.6 is 12.2 Å². The Hall–Kier alpha value is -3.71. The van der Waals surface area contributed by atoms with Gasteiger partial charge in [-0.2, -0.15) is 0 Å². The molecule has 0 fully saturated rings. The zero-order valence-electron chi connectivity index (χ0n) is 17.9. The first-order valence-electron chi connectivity index (χ1n) is 10.2. The fraction of sp³-hybridized carbons (Fsp3) is 0.160. The molecule has 0 aromatic heterocycles. The second-order valence-electron chi connectivity index (χ2n) is 7.32. The molecule has 2 amide bonds. The number of thiocarbonyl (C=S) groups is 1. The predicted octanol–water partition coefficient (Wildman–Crippen LogP) is 4.53. The molecule has 0 bridgehead atoms. The number of nitrogens with one attached hydrogen (secondary N) is 3. The topological polar surface area (TPSA) is 79.5 Å². The monoisotopic (exact) mass is 447 g/mol. The number of hydrogen-bond donors (Lipinski definition) is 3. The molecule has 7 heteroatoms. The molecular weight excluding hydrogens is 422 g/mol. The van der Waals surface area contributed by atoms with Crippen molar-refractivity contribution in [3.05, 3.63) is 95.6 Å². The minimum Gasteiger partial charge on any atom is -0.490 e. The summed E-state index contributed by atoms with van der Waals surface area (Å²) in [5, 5.41) is 8.64. The van der Waals surface area contributed by atoms with Gasteiger partial charge >= 0.3 is 0 Å². The van der Waals surface area contributed by atoms with Crippen molar-refractivity contribution in [1.29, 1.82) is 0 Å². The molecule has 0 unspecified atom stereocenters. The SMILES string of the molecule is CC(C)Oc1ccccc1C(=O)NC(=S)Nc1ccc(C(=O)NCc2ccccc2)cc1. The van der Waals surface area contributed by atoms with Crippen LogP contribution in [-0.4, -0.2) is 23.0 Å². The van der Waals surface area contributed by atoms with Crippen LogP contribution < -0.4 is 20.7 Å². The van der Waals surface area contributed by atoms with Crippen molar-refractivity contribution >= 4 is 34.8 Å². The molecule has 0 aliphatic rings. The van der Waals surface area contributed by atoms with Gasteiger partial charge in [0.05, 0.1) is 11.7 Å². The number of benzene rings is 3. The van der Waals surface area contributed by atoms with E-state index in [-0.39, 0.29) is 23.0 Å². The average Bonchev–Trinajstić information content (AvgIpc) is 2.78. The standard InChI is InChI=1S/C25H25N3O3S/c1-17(2)31-22-11-7-6-10-21(22)24(30)28-25(32)27-20-14-12-19(13-15-20)23(29)26-16-18-8-4-3-5-9-18/h3-15,17H,16H2,1-2H3,(H,26,29)(H2,27,28,30,32). The largest absolute Gasteiger partial charge is 0.490 e. The fourth-order valence-corrected chi connectivity index (χ4v) is 3.14. The number of hydrogen-bond acceptors (Lipinski definition) is 4. The van der Waals surface area contributed by atoms with Gasteiger partial charge in [-0.1, -0.05) is 42.5 Å². The van der Waals surface area contributed by atoms with Crippen molar-refractivity contribution in [2.45, 2.75) is 26.5 Å². The van der Waals surface area contributed by atoms with Crippen LogP contribution in [0.2, 0.25) is 0 Å². The van der Waals surface area contributed by atoms with E-state index in [2.05, 4.69) is 16.0 Å². The molecule has 0 spiro atoms. The van der Waals surface area contributed by atoms with Crippen molar-refractivity contribution in [1.82, 2.24) is 10.6 Å². The first kappa shape index (κ1) is 23.0. The highest BCUT2D eigenvalue weighted by Crippen LogP contribution is 2.19. The lowest BCUT2D eigenvalue weighted by Gasteiger charge is -2.15. The van der Waals surface area contributed by atoms with Gasteiger partial charge in [-0.15, -0.1) is 0 Å².